The van der Waals surface area contributed by atoms with Crippen molar-refractivity contribution in [2.45, 2.75) is 45.2 Å². The van der Waals surface area contributed by atoms with Crippen LogP contribution >= 0.6 is 0 Å². The first-order valence-electron chi connectivity index (χ1n) is 10.9. The van der Waals surface area contributed by atoms with Gasteiger partial charge in [-0.1, -0.05) is 23.8 Å². The minimum absolute atomic E-state index is 0.0783. The summed E-state index contributed by atoms with van der Waals surface area (Å²) in [7, 11) is 0. The van der Waals surface area contributed by atoms with Gasteiger partial charge in [0.15, 0.2) is 5.82 Å². The number of hydrogen-bond acceptors (Lipinski definition) is 5. The largest absolute Gasteiger partial charge is 0.477 e. The SMILES string of the molecule is Cc1ccc(OCC2CC3CCC2N3C(=O)c2cc(C)ccc2-c2ncccn2)nc1. The number of aromatic nitrogens is 3. The zero-order valence-electron chi connectivity index (χ0n) is 17.9. The van der Waals surface area contributed by atoms with Gasteiger partial charge in [0.25, 0.3) is 5.91 Å². The predicted octanol–water partition coefficient (Wildman–Crippen LogP) is 4.23. The molecule has 2 aliphatic rings. The minimum atomic E-state index is 0.0783. The second-order valence-electron chi connectivity index (χ2n) is 8.61. The molecule has 6 heteroatoms. The Hall–Kier alpha value is -3.28. The second kappa shape index (κ2) is 8.10. The molecule has 5 rings (SSSR count). The van der Waals surface area contributed by atoms with Gasteiger partial charge in [0.1, 0.15) is 0 Å². The van der Waals surface area contributed by atoms with Gasteiger partial charge in [-0.15, -0.1) is 0 Å². The van der Waals surface area contributed by atoms with Crippen molar-refractivity contribution in [2.75, 3.05) is 6.61 Å². The number of rotatable bonds is 5. The third-order valence-electron chi connectivity index (χ3n) is 6.44. The highest BCUT2D eigenvalue weighted by Crippen LogP contribution is 2.43. The molecule has 0 radical (unpaired) electrons. The second-order valence-corrected chi connectivity index (χ2v) is 8.61. The van der Waals surface area contributed by atoms with E-state index >= 15 is 0 Å². The summed E-state index contributed by atoms with van der Waals surface area (Å²) < 4.78 is 5.97. The first-order valence-corrected chi connectivity index (χ1v) is 10.9. The number of fused-ring (bicyclic) bond motifs is 2. The highest BCUT2D eigenvalue weighted by molar-refractivity contribution is 6.01. The number of benzene rings is 1. The maximum atomic E-state index is 13.7. The van der Waals surface area contributed by atoms with Crippen molar-refractivity contribution in [2.24, 2.45) is 5.92 Å². The molecule has 0 saturated carbocycles. The molecule has 31 heavy (non-hydrogen) atoms. The Kier molecular flexibility index (Phi) is 5.14. The van der Waals surface area contributed by atoms with Crippen LogP contribution in [0, 0.1) is 19.8 Å². The van der Waals surface area contributed by atoms with Crippen LogP contribution in [0.2, 0.25) is 0 Å². The lowest BCUT2D eigenvalue weighted by atomic mass is 9.90. The molecule has 1 aromatic carbocycles. The first-order chi connectivity index (χ1) is 15.1. The molecule has 0 spiro atoms. The summed E-state index contributed by atoms with van der Waals surface area (Å²) in [6.07, 6.45) is 8.29. The summed E-state index contributed by atoms with van der Waals surface area (Å²) in [5.41, 5.74) is 3.64. The molecule has 6 nitrogen and oxygen atoms in total. The van der Waals surface area contributed by atoms with Crippen molar-refractivity contribution in [3.8, 4) is 17.3 Å². The molecule has 3 atom stereocenters. The molecule has 2 fully saturated rings. The molecule has 2 bridgehead atoms. The van der Waals surface area contributed by atoms with Gasteiger partial charge in [0, 0.05) is 48.2 Å². The van der Waals surface area contributed by atoms with E-state index in [0.717, 1.165) is 36.0 Å². The minimum Gasteiger partial charge on any atom is -0.477 e. The van der Waals surface area contributed by atoms with Crippen LogP contribution in [-0.4, -0.2) is 44.4 Å². The van der Waals surface area contributed by atoms with Crippen molar-refractivity contribution in [3.63, 3.8) is 0 Å². The van der Waals surface area contributed by atoms with E-state index in [1.54, 1.807) is 18.5 Å². The third-order valence-corrected chi connectivity index (χ3v) is 6.44. The highest BCUT2D eigenvalue weighted by atomic mass is 16.5. The van der Waals surface area contributed by atoms with Gasteiger partial charge in [-0.2, -0.15) is 0 Å². The quantitative estimate of drug-likeness (QED) is 0.625. The Morgan fingerprint density at radius 2 is 1.87 bits per heavy atom. The fraction of sp³-hybridized carbons (Fsp3) is 0.360. The van der Waals surface area contributed by atoms with Gasteiger partial charge in [-0.25, -0.2) is 15.0 Å². The number of amides is 1. The van der Waals surface area contributed by atoms with Gasteiger partial charge in [-0.05, 0) is 50.8 Å². The number of aryl methyl sites for hydroxylation is 2. The van der Waals surface area contributed by atoms with Crippen LogP contribution in [-0.2, 0) is 0 Å². The molecule has 4 heterocycles. The van der Waals surface area contributed by atoms with Gasteiger partial charge in [-0.3, -0.25) is 4.79 Å². The summed E-state index contributed by atoms with van der Waals surface area (Å²) >= 11 is 0. The number of nitrogens with zero attached hydrogens (tertiary/aromatic N) is 4. The zero-order valence-corrected chi connectivity index (χ0v) is 17.9. The molecule has 0 N–H and O–H groups in total. The van der Waals surface area contributed by atoms with E-state index in [1.165, 1.54) is 0 Å². The summed E-state index contributed by atoms with van der Waals surface area (Å²) in [5, 5.41) is 0. The molecule has 158 valence electrons. The van der Waals surface area contributed by atoms with E-state index in [-0.39, 0.29) is 18.0 Å². The Morgan fingerprint density at radius 1 is 1.06 bits per heavy atom. The lowest BCUT2D eigenvalue weighted by Gasteiger charge is -2.25. The van der Waals surface area contributed by atoms with Gasteiger partial charge in [0.2, 0.25) is 5.88 Å². The van der Waals surface area contributed by atoms with E-state index in [4.69, 9.17) is 4.74 Å². The van der Waals surface area contributed by atoms with E-state index in [0.29, 0.717) is 29.8 Å². The van der Waals surface area contributed by atoms with Gasteiger partial charge < -0.3 is 9.64 Å². The summed E-state index contributed by atoms with van der Waals surface area (Å²) in [6.45, 7) is 4.61. The van der Waals surface area contributed by atoms with E-state index in [9.17, 15) is 4.79 Å². The number of carbonyl (C=O) groups is 1. The molecular weight excluding hydrogens is 388 g/mol. The number of carbonyl (C=O) groups excluding carboxylic acids is 1. The Labute approximate surface area is 182 Å². The summed E-state index contributed by atoms with van der Waals surface area (Å²) in [6, 6.07) is 12.1. The van der Waals surface area contributed by atoms with Crippen molar-refractivity contribution in [1.29, 1.82) is 0 Å². The van der Waals surface area contributed by atoms with Crippen molar-refractivity contribution >= 4 is 5.91 Å². The monoisotopic (exact) mass is 414 g/mol. The van der Waals surface area contributed by atoms with Crippen LogP contribution in [0.3, 0.4) is 0 Å². The Bertz CT molecular complexity index is 1080. The van der Waals surface area contributed by atoms with Gasteiger partial charge >= 0.3 is 0 Å². The van der Waals surface area contributed by atoms with E-state index in [1.807, 2.05) is 50.4 Å². The van der Waals surface area contributed by atoms with Crippen LogP contribution in [0.4, 0.5) is 0 Å². The lowest BCUT2D eigenvalue weighted by molar-refractivity contribution is 0.0710. The van der Waals surface area contributed by atoms with Crippen LogP contribution < -0.4 is 4.74 Å². The standard InChI is InChI=1S/C25H26N4O2/c1-16-4-7-20(24-26-10-3-11-27-24)21(12-16)25(30)29-19-6-8-22(29)18(13-19)15-31-23-9-5-17(2)14-28-23/h3-5,7,9-12,14,18-19,22H,6,8,13,15H2,1-2H3. The van der Waals surface area contributed by atoms with E-state index in [2.05, 4.69) is 19.9 Å². The fourth-order valence-corrected chi connectivity index (χ4v) is 4.95. The molecule has 3 unspecified atom stereocenters. The topological polar surface area (TPSA) is 68.2 Å². The average molecular weight is 415 g/mol. The van der Waals surface area contributed by atoms with Gasteiger partial charge in [0.05, 0.1) is 12.2 Å². The van der Waals surface area contributed by atoms with Crippen LogP contribution in [0.15, 0.2) is 55.0 Å². The molecule has 2 saturated heterocycles. The molecule has 2 aromatic heterocycles. The average Bonchev–Trinajstić information content (AvgIpc) is 3.37. The van der Waals surface area contributed by atoms with Crippen LogP contribution in [0.5, 0.6) is 5.88 Å². The third kappa shape index (κ3) is 3.78. The van der Waals surface area contributed by atoms with E-state index < -0.39 is 0 Å². The maximum absolute atomic E-state index is 13.7. The molecular formula is C25H26N4O2. The van der Waals surface area contributed by atoms with Crippen molar-refractivity contribution in [1.82, 2.24) is 19.9 Å². The predicted molar refractivity (Wildman–Crippen MR) is 118 cm³/mol. The normalized spacial score (nSPS) is 22.0. The fourth-order valence-electron chi connectivity index (χ4n) is 4.95. The molecule has 3 aromatic rings. The van der Waals surface area contributed by atoms with Crippen LogP contribution in [0.25, 0.3) is 11.4 Å². The first kappa shape index (κ1) is 19.7. The van der Waals surface area contributed by atoms with Crippen molar-refractivity contribution < 1.29 is 9.53 Å². The number of ether oxygens (including phenoxy) is 1. The number of hydrogen-bond donors (Lipinski definition) is 0. The molecule has 0 aliphatic carbocycles. The molecule has 1 amide bonds. The maximum Gasteiger partial charge on any atom is 0.255 e. The summed E-state index contributed by atoms with van der Waals surface area (Å²) in [5.74, 6) is 1.64. The molecule has 2 aliphatic heterocycles. The van der Waals surface area contributed by atoms with Crippen molar-refractivity contribution in [3.05, 3.63) is 71.7 Å². The summed E-state index contributed by atoms with van der Waals surface area (Å²) in [4.78, 5) is 28.9. The highest BCUT2D eigenvalue weighted by Gasteiger charge is 2.49. The number of pyridine rings is 1. The van der Waals surface area contributed by atoms with Crippen LogP contribution in [0.1, 0.15) is 40.7 Å². The lowest BCUT2D eigenvalue weighted by Crippen LogP contribution is -2.37. The smallest absolute Gasteiger partial charge is 0.255 e. The Balaban J connectivity index is 1.37. The Morgan fingerprint density at radius 3 is 2.65 bits per heavy atom. The zero-order chi connectivity index (χ0) is 21.4.